The first-order chi connectivity index (χ1) is 7.27. The van der Waals surface area contributed by atoms with Crippen molar-refractivity contribution < 1.29 is 9.53 Å². The number of carbonyl (C=O) groups excluding carboxylic acids is 1. The second kappa shape index (κ2) is 6.03. The first-order valence-electron chi connectivity index (χ1n) is 4.93. The van der Waals surface area contributed by atoms with Crippen LogP contribution in [0, 0.1) is 0 Å². The van der Waals surface area contributed by atoms with Crippen LogP contribution in [0.15, 0.2) is 24.3 Å². The van der Waals surface area contributed by atoms with Crippen LogP contribution in [0.1, 0.15) is 16.8 Å². The minimum Gasteiger partial charge on any atom is -0.494 e. The predicted molar refractivity (Wildman–Crippen MR) is 59.0 cm³/mol. The number of nitrogens with two attached hydrogens (primary N) is 1. The highest BCUT2D eigenvalue weighted by Crippen LogP contribution is 2.12. The normalized spacial score (nSPS) is 9.73. The van der Waals surface area contributed by atoms with E-state index in [-0.39, 0.29) is 5.91 Å². The lowest BCUT2D eigenvalue weighted by Crippen LogP contribution is -2.17. The van der Waals surface area contributed by atoms with E-state index in [1.54, 1.807) is 31.3 Å². The molecule has 0 aliphatic heterocycles. The Labute approximate surface area is 89.4 Å². The second-order valence-corrected chi connectivity index (χ2v) is 3.09. The third kappa shape index (κ3) is 3.59. The van der Waals surface area contributed by atoms with Crippen LogP contribution in [0.2, 0.25) is 0 Å². The molecule has 0 unspecified atom stereocenters. The van der Waals surface area contributed by atoms with Gasteiger partial charge in [0.05, 0.1) is 6.61 Å². The van der Waals surface area contributed by atoms with E-state index in [4.69, 9.17) is 10.5 Å². The third-order valence-electron chi connectivity index (χ3n) is 1.96. The van der Waals surface area contributed by atoms with Gasteiger partial charge in [-0.25, -0.2) is 0 Å². The molecular weight excluding hydrogens is 192 g/mol. The molecule has 0 radical (unpaired) electrons. The van der Waals surface area contributed by atoms with Gasteiger partial charge in [-0.05, 0) is 37.2 Å². The van der Waals surface area contributed by atoms with Crippen molar-refractivity contribution in [2.24, 2.45) is 5.73 Å². The standard InChI is InChI=1S/C11H16N2O2/c1-13-11(14)9-3-5-10(6-4-9)15-8-2-7-12/h3-6H,2,7-8,12H2,1H3,(H,13,14). The summed E-state index contributed by atoms with van der Waals surface area (Å²) < 4.78 is 5.40. The zero-order valence-corrected chi connectivity index (χ0v) is 8.82. The van der Waals surface area contributed by atoms with E-state index in [1.165, 1.54) is 0 Å². The Balaban J connectivity index is 2.52. The summed E-state index contributed by atoms with van der Waals surface area (Å²) in [7, 11) is 1.61. The van der Waals surface area contributed by atoms with Crippen LogP contribution < -0.4 is 15.8 Å². The lowest BCUT2D eigenvalue weighted by molar-refractivity contribution is 0.0963. The van der Waals surface area contributed by atoms with Gasteiger partial charge in [0, 0.05) is 12.6 Å². The van der Waals surface area contributed by atoms with E-state index >= 15 is 0 Å². The topological polar surface area (TPSA) is 64.3 Å². The van der Waals surface area contributed by atoms with Gasteiger partial charge in [-0.3, -0.25) is 4.79 Å². The molecule has 0 aliphatic rings. The van der Waals surface area contributed by atoms with Crippen molar-refractivity contribution in [2.75, 3.05) is 20.2 Å². The number of hydrogen-bond donors (Lipinski definition) is 2. The summed E-state index contributed by atoms with van der Waals surface area (Å²) in [6.07, 6.45) is 0.831. The average molecular weight is 208 g/mol. The van der Waals surface area contributed by atoms with Gasteiger partial charge in [-0.15, -0.1) is 0 Å². The number of rotatable bonds is 5. The molecule has 0 bridgehead atoms. The summed E-state index contributed by atoms with van der Waals surface area (Å²) in [5.74, 6) is 0.666. The number of hydrogen-bond acceptors (Lipinski definition) is 3. The molecule has 0 aliphatic carbocycles. The van der Waals surface area contributed by atoms with Gasteiger partial charge in [0.1, 0.15) is 5.75 Å². The Morgan fingerprint density at radius 2 is 2.07 bits per heavy atom. The van der Waals surface area contributed by atoms with E-state index in [1.807, 2.05) is 0 Å². The highest BCUT2D eigenvalue weighted by Gasteiger charge is 2.02. The zero-order chi connectivity index (χ0) is 11.1. The second-order valence-electron chi connectivity index (χ2n) is 3.09. The number of nitrogens with one attached hydrogen (secondary N) is 1. The van der Waals surface area contributed by atoms with Gasteiger partial charge in [0.15, 0.2) is 0 Å². The fourth-order valence-corrected chi connectivity index (χ4v) is 1.12. The van der Waals surface area contributed by atoms with Gasteiger partial charge < -0.3 is 15.8 Å². The van der Waals surface area contributed by atoms with E-state index in [9.17, 15) is 4.79 Å². The van der Waals surface area contributed by atoms with Crippen LogP contribution in [-0.2, 0) is 0 Å². The first-order valence-corrected chi connectivity index (χ1v) is 4.93. The quantitative estimate of drug-likeness (QED) is 0.703. The SMILES string of the molecule is CNC(=O)c1ccc(OCCCN)cc1. The average Bonchev–Trinajstić information content (AvgIpc) is 2.29. The van der Waals surface area contributed by atoms with Gasteiger partial charge in [-0.2, -0.15) is 0 Å². The largest absolute Gasteiger partial charge is 0.494 e. The Hall–Kier alpha value is -1.55. The van der Waals surface area contributed by atoms with E-state index in [0.29, 0.717) is 18.7 Å². The molecule has 82 valence electrons. The van der Waals surface area contributed by atoms with Crippen molar-refractivity contribution in [3.63, 3.8) is 0 Å². The summed E-state index contributed by atoms with van der Waals surface area (Å²) in [6.45, 7) is 1.23. The van der Waals surface area contributed by atoms with Gasteiger partial charge in [0.2, 0.25) is 0 Å². The molecule has 0 fully saturated rings. The van der Waals surface area contributed by atoms with Crippen LogP contribution in [0.3, 0.4) is 0 Å². The van der Waals surface area contributed by atoms with Crippen molar-refractivity contribution >= 4 is 5.91 Å². The smallest absolute Gasteiger partial charge is 0.251 e. The van der Waals surface area contributed by atoms with Crippen molar-refractivity contribution in [1.82, 2.24) is 5.32 Å². The maximum Gasteiger partial charge on any atom is 0.251 e. The molecule has 1 amide bonds. The van der Waals surface area contributed by atoms with Crippen molar-refractivity contribution in [1.29, 1.82) is 0 Å². The number of benzene rings is 1. The molecule has 4 heteroatoms. The maximum absolute atomic E-state index is 11.2. The molecule has 0 saturated carbocycles. The summed E-state index contributed by atoms with van der Waals surface area (Å²) in [5.41, 5.74) is 5.97. The summed E-state index contributed by atoms with van der Waals surface area (Å²) in [5, 5.41) is 2.56. The third-order valence-corrected chi connectivity index (χ3v) is 1.96. The summed E-state index contributed by atoms with van der Waals surface area (Å²) in [4.78, 5) is 11.2. The minimum absolute atomic E-state index is 0.0940. The lowest BCUT2D eigenvalue weighted by Gasteiger charge is -2.05. The molecule has 0 atom stereocenters. The number of amides is 1. The monoisotopic (exact) mass is 208 g/mol. The first kappa shape index (κ1) is 11.5. The van der Waals surface area contributed by atoms with Crippen molar-refractivity contribution in [3.05, 3.63) is 29.8 Å². The zero-order valence-electron chi connectivity index (χ0n) is 8.82. The molecule has 0 saturated heterocycles. The molecule has 0 aromatic heterocycles. The van der Waals surface area contributed by atoms with Crippen LogP contribution in [0.4, 0.5) is 0 Å². The summed E-state index contributed by atoms with van der Waals surface area (Å²) >= 11 is 0. The van der Waals surface area contributed by atoms with E-state index in [2.05, 4.69) is 5.32 Å². The van der Waals surface area contributed by atoms with Crippen LogP contribution in [-0.4, -0.2) is 26.1 Å². The lowest BCUT2D eigenvalue weighted by atomic mass is 10.2. The Morgan fingerprint density at radius 3 is 2.60 bits per heavy atom. The summed E-state index contributed by atoms with van der Waals surface area (Å²) in [6, 6.07) is 7.02. The maximum atomic E-state index is 11.2. The molecule has 1 aromatic rings. The predicted octanol–water partition coefficient (Wildman–Crippen LogP) is 0.774. The minimum atomic E-state index is -0.0940. The molecule has 4 nitrogen and oxygen atoms in total. The Bertz CT molecular complexity index is 309. The molecule has 0 spiro atoms. The van der Waals surface area contributed by atoms with Gasteiger partial charge in [0.25, 0.3) is 5.91 Å². The fraction of sp³-hybridized carbons (Fsp3) is 0.364. The molecule has 1 aromatic carbocycles. The Morgan fingerprint density at radius 1 is 1.40 bits per heavy atom. The van der Waals surface area contributed by atoms with Gasteiger partial charge >= 0.3 is 0 Å². The molecule has 15 heavy (non-hydrogen) atoms. The van der Waals surface area contributed by atoms with E-state index < -0.39 is 0 Å². The van der Waals surface area contributed by atoms with Crippen LogP contribution in [0.25, 0.3) is 0 Å². The van der Waals surface area contributed by atoms with Crippen molar-refractivity contribution in [2.45, 2.75) is 6.42 Å². The van der Waals surface area contributed by atoms with Gasteiger partial charge in [-0.1, -0.05) is 0 Å². The molecular formula is C11H16N2O2. The van der Waals surface area contributed by atoms with Crippen LogP contribution >= 0.6 is 0 Å². The molecule has 1 rings (SSSR count). The highest BCUT2D eigenvalue weighted by atomic mass is 16.5. The molecule has 0 heterocycles. The van der Waals surface area contributed by atoms with Crippen molar-refractivity contribution in [3.8, 4) is 5.75 Å². The van der Waals surface area contributed by atoms with E-state index in [0.717, 1.165) is 12.2 Å². The number of ether oxygens (including phenoxy) is 1. The number of carbonyl (C=O) groups is 1. The fourth-order valence-electron chi connectivity index (χ4n) is 1.12. The Kier molecular flexibility index (Phi) is 4.63. The highest BCUT2D eigenvalue weighted by molar-refractivity contribution is 5.94. The molecule has 3 N–H and O–H groups in total. The van der Waals surface area contributed by atoms with Crippen LogP contribution in [0.5, 0.6) is 5.75 Å².